The SMILES string of the molecule is O=C(O)C(CCBr)CCN1C(=O)c2ccccc2C1=O. The van der Waals surface area contributed by atoms with E-state index in [0.29, 0.717) is 22.9 Å². The average molecular weight is 340 g/mol. The summed E-state index contributed by atoms with van der Waals surface area (Å²) in [4.78, 5) is 36.4. The highest BCUT2D eigenvalue weighted by Crippen LogP contribution is 2.23. The smallest absolute Gasteiger partial charge is 0.306 e. The molecule has 1 aliphatic rings. The zero-order valence-corrected chi connectivity index (χ0v) is 12.3. The Balaban J connectivity index is 2.07. The van der Waals surface area contributed by atoms with Crippen molar-refractivity contribution in [1.82, 2.24) is 4.90 Å². The van der Waals surface area contributed by atoms with Crippen molar-refractivity contribution in [2.24, 2.45) is 5.92 Å². The normalized spacial score (nSPS) is 15.3. The van der Waals surface area contributed by atoms with Crippen molar-refractivity contribution < 1.29 is 19.5 Å². The fourth-order valence-electron chi connectivity index (χ4n) is 2.25. The molecule has 106 valence electrons. The predicted octanol–water partition coefficient (Wildman–Crippen LogP) is 2.16. The largest absolute Gasteiger partial charge is 0.481 e. The Morgan fingerprint density at radius 3 is 2.15 bits per heavy atom. The fraction of sp³-hybridized carbons (Fsp3) is 0.357. The minimum Gasteiger partial charge on any atom is -0.481 e. The number of hydrogen-bond acceptors (Lipinski definition) is 3. The third-order valence-electron chi connectivity index (χ3n) is 3.39. The number of amides is 2. The van der Waals surface area contributed by atoms with Crippen LogP contribution in [0.25, 0.3) is 0 Å². The van der Waals surface area contributed by atoms with Crippen LogP contribution >= 0.6 is 15.9 Å². The first-order valence-electron chi connectivity index (χ1n) is 6.30. The monoisotopic (exact) mass is 339 g/mol. The van der Waals surface area contributed by atoms with Gasteiger partial charge in [-0.3, -0.25) is 19.3 Å². The number of nitrogens with zero attached hydrogens (tertiary/aromatic N) is 1. The quantitative estimate of drug-likeness (QED) is 0.636. The molecule has 2 amide bonds. The number of imide groups is 1. The molecule has 0 bridgehead atoms. The van der Waals surface area contributed by atoms with Gasteiger partial charge in [0.1, 0.15) is 0 Å². The van der Waals surface area contributed by atoms with Gasteiger partial charge in [0.2, 0.25) is 0 Å². The highest BCUT2D eigenvalue weighted by atomic mass is 79.9. The molecule has 1 unspecified atom stereocenters. The highest BCUT2D eigenvalue weighted by molar-refractivity contribution is 9.09. The Kier molecular flexibility index (Phi) is 4.54. The Bertz CT molecular complexity index is 523. The van der Waals surface area contributed by atoms with Crippen LogP contribution in [0.4, 0.5) is 0 Å². The van der Waals surface area contributed by atoms with Crippen LogP contribution in [0.2, 0.25) is 0 Å². The maximum atomic E-state index is 12.1. The second-order valence-corrected chi connectivity index (χ2v) is 5.40. The first-order chi connectivity index (χ1) is 9.56. The van der Waals surface area contributed by atoms with Crippen LogP contribution in [-0.4, -0.2) is 39.7 Å². The number of carbonyl (C=O) groups is 3. The van der Waals surface area contributed by atoms with E-state index in [1.165, 1.54) is 0 Å². The summed E-state index contributed by atoms with van der Waals surface area (Å²) in [5.74, 6) is -2.14. The van der Waals surface area contributed by atoms with E-state index in [4.69, 9.17) is 5.11 Å². The molecule has 1 aromatic rings. The van der Waals surface area contributed by atoms with E-state index in [-0.39, 0.29) is 24.8 Å². The lowest BCUT2D eigenvalue weighted by molar-refractivity contribution is -0.142. The maximum absolute atomic E-state index is 12.1. The van der Waals surface area contributed by atoms with Crippen LogP contribution in [-0.2, 0) is 4.79 Å². The number of carboxylic acids is 1. The van der Waals surface area contributed by atoms with E-state index >= 15 is 0 Å². The standard InChI is InChI=1S/C14H14BrNO4/c15-7-5-9(14(19)20)6-8-16-12(17)10-3-1-2-4-11(10)13(16)18/h1-4,9H,5-8H2,(H,19,20). The summed E-state index contributed by atoms with van der Waals surface area (Å²) in [5.41, 5.74) is 0.787. The molecular formula is C14H14BrNO4. The van der Waals surface area contributed by atoms with E-state index in [0.717, 1.165) is 4.90 Å². The minimum atomic E-state index is -0.902. The minimum absolute atomic E-state index is 0.135. The topological polar surface area (TPSA) is 74.7 Å². The van der Waals surface area contributed by atoms with Crippen molar-refractivity contribution in [3.63, 3.8) is 0 Å². The second kappa shape index (κ2) is 6.17. The van der Waals surface area contributed by atoms with Gasteiger partial charge in [0.05, 0.1) is 17.0 Å². The van der Waals surface area contributed by atoms with Crippen molar-refractivity contribution in [3.05, 3.63) is 35.4 Å². The third-order valence-corrected chi connectivity index (χ3v) is 3.84. The van der Waals surface area contributed by atoms with Crippen molar-refractivity contribution in [2.75, 3.05) is 11.9 Å². The van der Waals surface area contributed by atoms with Gasteiger partial charge in [0, 0.05) is 11.9 Å². The summed E-state index contributed by atoms with van der Waals surface area (Å²) in [6, 6.07) is 6.64. The lowest BCUT2D eigenvalue weighted by atomic mass is 10.0. The lowest BCUT2D eigenvalue weighted by Crippen LogP contribution is -2.33. The second-order valence-electron chi connectivity index (χ2n) is 4.61. The van der Waals surface area contributed by atoms with E-state index in [1.807, 2.05) is 0 Å². The summed E-state index contributed by atoms with van der Waals surface area (Å²) in [5, 5.41) is 9.65. The number of carboxylic acid groups (broad SMARTS) is 1. The summed E-state index contributed by atoms with van der Waals surface area (Å²) in [6.45, 7) is 0.135. The van der Waals surface area contributed by atoms with Crippen LogP contribution in [0.15, 0.2) is 24.3 Å². The Hall–Kier alpha value is -1.69. The third kappa shape index (κ3) is 2.75. The molecule has 2 rings (SSSR count). The van der Waals surface area contributed by atoms with E-state index in [9.17, 15) is 14.4 Å². The van der Waals surface area contributed by atoms with Gasteiger partial charge in [0.15, 0.2) is 0 Å². The zero-order chi connectivity index (χ0) is 14.7. The van der Waals surface area contributed by atoms with Gasteiger partial charge in [0.25, 0.3) is 11.8 Å². The average Bonchev–Trinajstić information content (AvgIpc) is 2.68. The summed E-state index contributed by atoms with van der Waals surface area (Å²) >= 11 is 3.21. The number of rotatable bonds is 6. The molecule has 0 aromatic heterocycles. The Morgan fingerprint density at radius 1 is 1.15 bits per heavy atom. The molecule has 0 radical (unpaired) electrons. The lowest BCUT2D eigenvalue weighted by Gasteiger charge is -2.17. The summed E-state index contributed by atoms with van der Waals surface area (Å²) in [7, 11) is 0. The molecule has 5 nitrogen and oxygen atoms in total. The molecule has 0 saturated carbocycles. The first kappa shape index (κ1) is 14.7. The van der Waals surface area contributed by atoms with Gasteiger partial charge < -0.3 is 5.11 Å². The molecule has 1 heterocycles. The van der Waals surface area contributed by atoms with Crippen LogP contribution < -0.4 is 0 Å². The maximum Gasteiger partial charge on any atom is 0.306 e. The molecule has 6 heteroatoms. The zero-order valence-electron chi connectivity index (χ0n) is 10.7. The van der Waals surface area contributed by atoms with E-state index in [1.54, 1.807) is 24.3 Å². The van der Waals surface area contributed by atoms with Crippen LogP contribution in [0.5, 0.6) is 0 Å². The van der Waals surface area contributed by atoms with Crippen molar-refractivity contribution in [3.8, 4) is 0 Å². The number of carbonyl (C=O) groups excluding carboxylic acids is 2. The number of aliphatic carboxylic acids is 1. The number of fused-ring (bicyclic) bond motifs is 1. The molecule has 0 saturated heterocycles. The Morgan fingerprint density at radius 2 is 1.70 bits per heavy atom. The predicted molar refractivity (Wildman–Crippen MR) is 76.0 cm³/mol. The molecule has 0 spiro atoms. The van der Waals surface area contributed by atoms with Crippen LogP contribution in [0.3, 0.4) is 0 Å². The molecule has 1 N–H and O–H groups in total. The molecule has 1 atom stereocenters. The van der Waals surface area contributed by atoms with Gasteiger partial charge >= 0.3 is 5.97 Å². The highest BCUT2D eigenvalue weighted by Gasteiger charge is 2.35. The molecule has 20 heavy (non-hydrogen) atoms. The number of halogens is 1. The number of alkyl halides is 1. The molecule has 0 aliphatic carbocycles. The van der Waals surface area contributed by atoms with Gasteiger partial charge in [-0.15, -0.1) is 0 Å². The van der Waals surface area contributed by atoms with Crippen molar-refractivity contribution >= 4 is 33.7 Å². The van der Waals surface area contributed by atoms with Gasteiger partial charge in [-0.25, -0.2) is 0 Å². The Labute approximate surface area is 124 Å². The number of hydrogen-bond donors (Lipinski definition) is 1. The molecular weight excluding hydrogens is 326 g/mol. The van der Waals surface area contributed by atoms with Gasteiger partial charge in [-0.2, -0.15) is 0 Å². The number of benzene rings is 1. The van der Waals surface area contributed by atoms with Crippen LogP contribution in [0, 0.1) is 5.92 Å². The van der Waals surface area contributed by atoms with Gasteiger partial charge in [-0.05, 0) is 25.0 Å². The summed E-state index contributed by atoms with van der Waals surface area (Å²) in [6.07, 6.45) is 0.741. The molecule has 1 aromatic carbocycles. The van der Waals surface area contributed by atoms with E-state index < -0.39 is 11.9 Å². The molecule has 1 aliphatic heterocycles. The van der Waals surface area contributed by atoms with E-state index in [2.05, 4.69) is 15.9 Å². The first-order valence-corrected chi connectivity index (χ1v) is 7.42. The summed E-state index contributed by atoms with van der Waals surface area (Å²) < 4.78 is 0. The van der Waals surface area contributed by atoms with Crippen LogP contribution in [0.1, 0.15) is 33.6 Å². The van der Waals surface area contributed by atoms with Gasteiger partial charge in [-0.1, -0.05) is 28.1 Å². The van der Waals surface area contributed by atoms with Crippen molar-refractivity contribution in [1.29, 1.82) is 0 Å². The molecule has 0 fully saturated rings. The van der Waals surface area contributed by atoms with Crippen molar-refractivity contribution in [2.45, 2.75) is 12.8 Å². The fourth-order valence-corrected chi connectivity index (χ4v) is 2.80.